The van der Waals surface area contributed by atoms with Gasteiger partial charge in [0.2, 0.25) is 0 Å². The predicted molar refractivity (Wildman–Crippen MR) is 78.7 cm³/mol. The monoisotopic (exact) mass is 291 g/mol. The first-order valence-corrected chi connectivity index (χ1v) is 6.82. The molecule has 104 valence electrons. The van der Waals surface area contributed by atoms with Crippen molar-refractivity contribution in [3.8, 4) is 0 Å². The van der Waals surface area contributed by atoms with Gasteiger partial charge in [-0.05, 0) is 17.7 Å². The molecule has 2 aromatic rings. The fraction of sp³-hybridized carbons (Fsp3) is 0.200. The maximum absolute atomic E-state index is 10.7. The van der Waals surface area contributed by atoms with Crippen molar-refractivity contribution >= 4 is 17.3 Å². The van der Waals surface area contributed by atoms with Gasteiger partial charge in [0.25, 0.3) is 5.69 Å². The Morgan fingerprint density at radius 3 is 2.60 bits per heavy atom. The number of nitrogens with zero attached hydrogens (tertiary/aromatic N) is 1. The van der Waals surface area contributed by atoms with Crippen molar-refractivity contribution in [2.45, 2.75) is 13.0 Å². The lowest BCUT2D eigenvalue weighted by Crippen LogP contribution is -2.83. The average Bonchev–Trinajstić information content (AvgIpc) is 2.44. The molecule has 0 bridgehead atoms. The summed E-state index contributed by atoms with van der Waals surface area (Å²) in [7, 11) is 0. The second-order valence-corrected chi connectivity index (χ2v) is 5.02. The smallest absolute Gasteiger partial charge is 0.269 e. The van der Waals surface area contributed by atoms with Gasteiger partial charge in [0.1, 0.15) is 6.54 Å². The summed E-state index contributed by atoms with van der Waals surface area (Å²) in [5.41, 5.74) is 2.31. The van der Waals surface area contributed by atoms with E-state index in [-0.39, 0.29) is 10.6 Å². The van der Waals surface area contributed by atoms with Gasteiger partial charge >= 0.3 is 0 Å². The third-order valence-electron chi connectivity index (χ3n) is 3.03. The molecule has 0 aliphatic rings. The molecule has 0 unspecified atom stereocenters. The number of nitro groups is 1. The molecule has 4 nitrogen and oxygen atoms in total. The van der Waals surface area contributed by atoms with Crippen LogP contribution in [0.3, 0.4) is 0 Å². The first kappa shape index (κ1) is 14.5. The summed E-state index contributed by atoms with van der Waals surface area (Å²) in [6, 6.07) is 14.6. The summed E-state index contributed by atoms with van der Waals surface area (Å²) < 4.78 is 0. The van der Waals surface area contributed by atoms with Gasteiger partial charge in [-0.1, -0.05) is 35.9 Å². The van der Waals surface area contributed by atoms with E-state index in [4.69, 9.17) is 11.6 Å². The second-order valence-electron chi connectivity index (χ2n) is 4.59. The van der Waals surface area contributed by atoms with Crippen molar-refractivity contribution in [1.29, 1.82) is 0 Å². The summed E-state index contributed by atoms with van der Waals surface area (Å²) in [6.07, 6.45) is 0.926. The number of halogens is 1. The third-order valence-corrected chi connectivity index (χ3v) is 3.26. The van der Waals surface area contributed by atoms with Crippen molar-refractivity contribution in [3.05, 3.63) is 74.8 Å². The van der Waals surface area contributed by atoms with E-state index < -0.39 is 0 Å². The largest absolute Gasteiger partial charge is 0.342 e. The highest BCUT2D eigenvalue weighted by Gasteiger charge is 2.06. The molecule has 0 aliphatic heterocycles. The number of non-ortho nitro benzene ring substituents is 1. The highest BCUT2D eigenvalue weighted by atomic mass is 35.5. The van der Waals surface area contributed by atoms with Crippen molar-refractivity contribution < 1.29 is 10.2 Å². The standard InChI is InChI=1S/C15H15ClN2O2/c16-14-5-1-3-12(9-14)7-8-17-11-13-4-2-6-15(10-13)18(19)20/h1-6,9-10,17H,7-8,11H2/p+1. The Labute approximate surface area is 122 Å². The quantitative estimate of drug-likeness (QED) is 0.505. The molecule has 0 saturated carbocycles. The third kappa shape index (κ3) is 4.33. The maximum atomic E-state index is 10.7. The van der Waals surface area contributed by atoms with Gasteiger partial charge in [-0.3, -0.25) is 10.1 Å². The molecule has 2 aromatic carbocycles. The van der Waals surface area contributed by atoms with Gasteiger partial charge in [-0.2, -0.15) is 0 Å². The van der Waals surface area contributed by atoms with Crippen molar-refractivity contribution in [1.82, 2.24) is 0 Å². The Morgan fingerprint density at radius 2 is 1.85 bits per heavy atom. The minimum absolute atomic E-state index is 0.144. The van der Waals surface area contributed by atoms with Crippen LogP contribution in [0.1, 0.15) is 11.1 Å². The molecule has 0 saturated heterocycles. The van der Waals surface area contributed by atoms with Crippen LogP contribution in [0, 0.1) is 10.1 Å². The van der Waals surface area contributed by atoms with E-state index in [2.05, 4.69) is 5.32 Å². The molecule has 20 heavy (non-hydrogen) atoms. The zero-order chi connectivity index (χ0) is 14.4. The Balaban J connectivity index is 1.81. The van der Waals surface area contributed by atoms with Gasteiger partial charge in [0.05, 0.1) is 11.5 Å². The molecule has 2 N–H and O–H groups in total. The fourth-order valence-electron chi connectivity index (χ4n) is 2.03. The Hall–Kier alpha value is -1.91. The lowest BCUT2D eigenvalue weighted by Gasteiger charge is -2.03. The summed E-state index contributed by atoms with van der Waals surface area (Å²) in [5, 5.41) is 13.6. The van der Waals surface area contributed by atoms with Crippen molar-refractivity contribution in [2.24, 2.45) is 0 Å². The van der Waals surface area contributed by atoms with Gasteiger partial charge in [-0.15, -0.1) is 0 Å². The molecule has 5 heteroatoms. The molecule has 0 aromatic heterocycles. The Bertz CT molecular complexity index is 602. The minimum Gasteiger partial charge on any atom is -0.342 e. The number of nitrogens with two attached hydrogens (primary N) is 1. The zero-order valence-corrected chi connectivity index (χ0v) is 11.7. The number of hydrogen-bond donors (Lipinski definition) is 1. The number of rotatable bonds is 6. The number of hydrogen-bond acceptors (Lipinski definition) is 2. The van der Waals surface area contributed by atoms with Crippen LogP contribution in [-0.4, -0.2) is 11.5 Å². The van der Waals surface area contributed by atoms with Crippen LogP contribution < -0.4 is 5.32 Å². The molecule has 2 rings (SSSR count). The first-order valence-electron chi connectivity index (χ1n) is 6.44. The summed E-state index contributed by atoms with van der Waals surface area (Å²) in [5.74, 6) is 0. The molecule has 0 atom stereocenters. The Morgan fingerprint density at radius 1 is 1.10 bits per heavy atom. The van der Waals surface area contributed by atoms with E-state index >= 15 is 0 Å². The molecular formula is C15H16ClN2O2+. The maximum Gasteiger partial charge on any atom is 0.269 e. The van der Waals surface area contributed by atoms with E-state index in [9.17, 15) is 10.1 Å². The number of benzene rings is 2. The van der Waals surface area contributed by atoms with Crippen molar-refractivity contribution in [3.63, 3.8) is 0 Å². The van der Waals surface area contributed by atoms with Crippen LogP contribution in [0.15, 0.2) is 48.5 Å². The average molecular weight is 292 g/mol. The summed E-state index contributed by atoms with van der Waals surface area (Å²) >= 11 is 5.93. The van der Waals surface area contributed by atoms with Gasteiger partial charge in [0.15, 0.2) is 0 Å². The molecule has 0 radical (unpaired) electrons. The van der Waals surface area contributed by atoms with Crippen LogP contribution >= 0.6 is 11.6 Å². The first-order chi connectivity index (χ1) is 9.65. The lowest BCUT2D eigenvalue weighted by molar-refractivity contribution is -0.670. The molecular weight excluding hydrogens is 276 g/mol. The van der Waals surface area contributed by atoms with Gasteiger partial charge < -0.3 is 5.32 Å². The van der Waals surface area contributed by atoms with E-state index in [1.807, 2.05) is 30.3 Å². The molecule has 0 amide bonds. The molecule has 0 heterocycles. The van der Waals surface area contributed by atoms with Crippen LogP contribution in [0.4, 0.5) is 5.69 Å². The highest BCUT2D eigenvalue weighted by molar-refractivity contribution is 6.30. The second kappa shape index (κ2) is 7.03. The van der Waals surface area contributed by atoms with Crippen LogP contribution in [-0.2, 0) is 13.0 Å². The van der Waals surface area contributed by atoms with E-state index in [1.165, 1.54) is 11.6 Å². The highest BCUT2D eigenvalue weighted by Crippen LogP contribution is 2.12. The summed E-state index contributed by atoms with van der Waals surface area (Å²) in [6.45, 7) is 1.66. The van der Waals surface area contributed by atoms with E-state index in [1.54, 1.807) is 12.1 Å². The zero-order valence-electron chi connectivity index (χ0n) is 11.0. The summed E-state index contributed by atoms with van der Waals surface area (Å²) in [4.78, 5) is 10.3. The lowest BCUT2D eigenvalue weighted by atomic mass is 10.1. The SMILES string of the molecule is O=[N+]([O-])c1cccc(C[NH2+]CCc2cccc(Cl)c2)c1. The molecule has 0 fully saturated rings. The predicted octanol–water partition coefficient (Wildman–Crippen LogP) is 2.55. The van der Waals surface area contributed by atoms with Crippen LogP contribution in [0.5, 0.6) is 0 Å². The topological polar surface area (TPSA) is 59.8 Å². The van der Waals surface area contributed by atoms with Crippen molar-refractivity contribution in [2.75, 3.05) is 6.54 Å². The Kier molecular flexibility index (Phi) is 5.09. The van der Waals surface area contributed by atoms with E-state index in [0.717, 1.165) is 30.1 Å². The molecule has 0 aliphatic carbocycles. The number of quaternary nitrogens is 1. The number of nitro benzene ring substituents is 1. The van der Waals surface area contributed by atoms with Gasteiger partial charge in [0, 0.05) is 29.1 Å². The van der Waals surface area contributed by atoms with Crippen LogP contribution in [0.25, 0.3) is 0 Å². The normalized spacial score (nSPS) is 10.4. The molecule has 0 spiro atoms. The minimum atomic E-state index is -0.366. The van der Waals surface area contributed by atoms with E-state index in [0.29, 0.717) is 0 Å². The fourth-order valence-corrected chi connectivity index (χ4v) is 2.24. The van der Waals surface area contributed by atoms with Gasteiger partial charge in [-0.25, -0.2) is 0 Å². The van der Waals surface area contributed by atoms with Crippen LogP contribution in [0.2, 0.25) is 5.02 Å².